The highest BCUT2D eigenvalue weighted by Crippen LogP contribution is 2.27. The molecule has 94 valence electrons. The molecule has 18 heavy (non-hydrogen) atoms. The van der Waals surface area contributed by atoms with Crippen molar-refractivity contribution in [3.05, 3.63) is 28.3 Å². The zero-order chi connectivity index (χ0) is 12.7. The molecule has 0 saturated carbocycles. The summed E-state index contributed by atoms with van der Waals surface area (Å²) in [6, 6.07) is 4.56. The van der Waals surface area contributed by atoms with Gasteiger partial charge < -0.3 is 9.32 Å². The Bertz CT molecular complexity index is 613. The molecule has 3 rings (SSSR count). The number of anilines is 1. The third kappa shape index (κ3) is 1.77. The first-order valence-electron chi connectivity index (χ1n) is 5.57. The van der Waals surface area contributed by atoms with Crippen molar-refractivity contribution in [2.24, 2.45) is 0 Å². The van der Waals surface area contributed by atoms with E-state index in [0.717, 1.165) is 0 Å². The molecule has 1 atom stereocenters. The minimum Gasteiger partial charge on any atom is -0.423 e. The van der Waals surface area contributed by atoms with Gasteiger partial charge in [-0.3, -0.25) is 10.1 Å². The lowest BCUT2D eigenvalue weighted by Gasteiger charge is -2.10. The van der Waals surface area contributed by atoms with Gasteiger partial charge in [0.05, 0.1) is 17.5 Å². The minimum absolute atomic E-state index is 0.0463. The van der Waals surface area contributed by atoms with Crippen molar-refractivity contribution >= 4 is 22.8 Å². The molecular weight excluding hydrogens is 241 g/mol. The number of benzene rings is 1. The van der Waals surface area contributed by atoms with Crippen molar-refractivity contribution in [1.82, 2.24) is 4.98 Å². The van der Waals surface area contributed by atoms with Crippen LogP contribution < -0.4 is 4.90 Å². The van der Waals surface area contributed by atoms with Crippen LogP contribution in [0.25, 0.3) is 11.1 Å². The van der Waals surface area contributed by atoms with Gasteiger partial charge in [0.15, 0.2) is 5.58 Å². The summed E-state index contributed by atoms with van der Waals surface area (Å²) in [6.07, 6.45) is -0.409. The molecule has 1 saturated heterocycles. The number of hydrogen-bond acceptors (Lipinski definition) is 5. The van der Waals surface area contributed by atoms with E-state index in [4.69, 9.17) is 4.42 Å². The molecule has 1 fully saturated rings. The fourth-order valence-corrected chi connectivity index (χ4v) is 2.04. The first kappa shape index (κ1) is 10.9. The molecule has 1 aromatic carbocycles. The van der Waals surface area contributed by atoms with Gasteiger partial charge in [-0.25, -0.2) is 4.39 Å². The first-order chi connectivity index (χ1) is 8.63. The van der Waals surface area contributed by atoms with Gasteiger partial charge in [-0.05, 0) is 12.5 Å². The van der Waals surface area contributed by atoms with E-state index < -0.39 is 11.1 Å². The van der Waals surface area contributed by atoms with Gasteiger partial charge in [0.2, 0.25) is 0 Å². The summed E-state index contributed by atoms with van der Waals surface area (Å²) in [5.41, 5.74) is 0.842. The van der Waals surface area contributed by atoms with Crippen LogP contribution in [0.2, 0.25) is 0 Å². The largest absolute Gasteiger partial charge is 0.423 e. The van der Waals surface area contributed by atoms with Crippen LogP contribution in [0.4, 0.5) is 16.1 Å². The molecule has 0 bridgehead atoms. The van der Waals surface area contributed by atoms with E-state index in [1.54, 1.807) is 4.90 Å². The van der Waals surface area contributed by atoms with E-state index in [9.17, 15) is 14.5 Å². The van der Waals surface area contributed by atoms with Gasteiger partial charge in [-0.2, -0.15) is 4.98 Å². The van der Waals surface area contributed by atoms with E-state index >= 15 is 0 Å². The predicted octanol–water partition coefficient (Wildman–Crippen LogP) is 2.28. The molecular formula is C11H10FN3O3. The van der Waals surface area contributed by atoms with Crippen molar-refractivity contribution in [2.75, 3.05) is 18.0 Å². The summed E-state index contributed by atoms with van der Waals surface area (Å²) in [7, 11) is 0. The van der Waals surface area contributed by atoms with E-state index in [-0.39, 0.29) is 12.2 Å². The molecule has 7 heteroatoms. The van der Waals surface area contributed by atoms with Crippen LogP contribution in [0.5, 0.6) is 0 Å². The van der Waals surface area contributed by atoms with E-state index in [0.29, 0.717) is 30.1 Å². The van der Waals surface area contributed by atoms with Gasteiger partial charge in [0, 0.05) is 12.6 Å². The topological polar surface area (TPSA) is 72.4 Å². The van der Waals surface area contributed by atoms with Crippen LogP contribution >= 0.6 is 0 Å². The SMILES string of the molecule is O=[N+]([O-])c1ccc2nc(N3CCC(F)C3)oc2c1. The average molecular weight is 251 g/mol. The fraction of sp³-hybridized carbons (Fsp3) is 0.364. The average Bonchev–Trinajstić information content (AvgIpc) is 2.93. The molecule has 0 N–H and O–H groups in total. The Kier molecular flexibility index (Phi) is 2.39. The van der Waals surface area contributed by atoms with Crippen molar-refractivity contribution in [2.45, 2.75) is 12.6 Å². The maximum absolute atomic E-state index is 13.1. The Balaban J connectivity index is 1.98. The number of alkyl halides is 1. The second-order valence-corrected chi connectivity index (χ2v) is 4.24. The first-order valence-corrected chi connectivity index (χ1v) is 5.57. The predicted molar refractivity (Wildman–Crippen MR) is 62.4 cm³/mol. The van der Waals surface area contributed by atoms with Crippen LogP contribution in [-0.2, 0) is 0 Å². The summed E-state index contributed by atoms with van der Waals surface area (Å²) in [5.74, 6) is 0. The van der Waals surface area contributed by atoms with Crippen LogP contribution in [0, 0.1) is 10.1 Å². The number of halogens is 1. The third-order valence-corrected chi connectivity index (χ3v) is 2.97. The summed E-state index contributed by atoms with van der Waals surface area (Å²) in [6.45, 7) is 0.811. The second-order valence-electron chi connectivity index (χ2n) is 4.24. The summed E-state index contributed by atoms with van der Waals surface area (Å²) < 4.78 is 18.5. The third-order valence-electron chi connectivity index (χ3n) is 2.97. The number of nitro benzene ring substituents is 1. The van der Waals surface area contributed by atoms with E-state index in [2.05, 4.69) is 4.98 Å². The van der Waals surface area contributed by atoms with Crippen LogP contribution in [0.1, 0.15) is 6.42 Å². The number of nitrogens with zero attached hydrogens (tertiary/aromatic N) is 3. The van der Waals surface area contributed by atoms with Crippen molar-refractivity contribution in [3.63, 3.8) is 0 Å². The quantitative estimate of drug-likeness (QED) is 0.604. The van der Waals surface area contributed by atoms with Crippen LogP contribution in [0.3, 0.4) is 0 Å². The molecule has 2 heterocycles. The minimum atomic E-state index is -0.866. The molecule has 1 aromatic heterocycles. The molecule has 0 aliphatic carbocycles. The Morgan fingerprint density at radius 3 is 3.06 bits per heavy atom. The van der Waals surface area contributed by atoms with Gasteiger partial charge in [-0.1, -0.05) is 0 Å². The van der Waals surface area contributed by atoms with Gasteiger partial charge in [0.25, 0.3) is 11.7 Å². The number of fused-ring (bicyclic) bond motifs is 1. The number of hydrogen-bond donors (Lipinski definition) is 0. The summed E-state index contributed by atoms with van der Waals surface area (Å²) in [5, 5.41) is 10.6. The molecule has 1 unspecified atom stereocenters. The second kappa shape index (κ2) is 3.94. The molecule has 0 spiro atoms. The Labute approximate surface area is 101 Å². The zero-order valence-corrected chi connectivity index (χ0v) is 9.38. The van der Waals surface area contributed by atoms with Crippen LogP contribution in [-0.4, -0.2) is 29.2 Å². The maximum atomic E-state index is 13.1. The summed E-state index contributed by atoms with van der Waals surface area (Å²) in [4.78, 5) is 16.0. The molecule has 2 aromatic rings. The number of aromatic nitrogens is 1. The Morgan fingerprint density at radius 2 is 2.39 bits per heavy atom. The number of nitro groups is 1. The fourth-order valence-electron chi connectivity index (χ4n) is 2.04. The molecule has 1 aliphatic heterocycles. The van der Waals surface area contributed by atoms with Gasteiger partial charge in [-0.15, -0.1) is 0 Å². The maximum Gasteiger partial charge on any atom is 0.298 e. The van der Waals surface area contributed by atoms with Crippen molar-refractivity contribution < 1.29 is 13.7 Å². The van der Waals surface area contributed by atoms with Gasteiger partial charge >= 0.3 is 0 Å². The van der Waals surface area contributed by atoms with Crippen molar-refractivity contribution in [1.29, 1.82) is 0 Å². The molecule has 0 amide bonds. The number of oxazole rings is 1. The highest BCUT2D eigenvalue weighted by Gasteiger charge is 2.25. The molecule has 6 nitrogen and oxygen atoms in total. The van der Waals surface area contributed by atoms with E-state index in [1.807, 2.05) is 0 Å². The highest BCUT2D eigenvalue weighted by atomic mass is 19.1. The van der Waals surface area contributed by atoms with Crippen molar-refractivity contribution in [3.8, 4) is 0 Å². The Hall–Kier alpha value is -2.18. The molecule has 0 radical (unpaired) electrons. The number of rotatable bonds is 2. The lowest BCUT2D eigenvalue weighted by molar-refractivity contribution is -0.384. The van der Waals surface area contributed by atoms with Crippen LogP contribution in [0.15, 0.2) is 22.6 Å². The highest BCUT2D eigenvalue weighted by molar-refractivity contribution is 5.77. The van der Waals surface area contributed by atoms with E-state index in [1.165, 1.54) is 18.2 Å². The number of non-ortho nitro benzene ring substituents is 1. The summed E-state index contributed by atoms with van der Waals surface area (Å²) >= 11 is 0. The molecule has 1 aliphatic rings. The van der Waals surface area contributed by atoms with Gasteiger partial charge in [0.1, 0.15) is 11.7 Å². The zero-order valence-electron chi connectivity index (χ0n) is 9.38. The lowest BCUT2D eigenvalue weighted by Crippen LogP contribution is -2.19. The Morgan fingerprint density at radius 1 is 1.56 bits per heavy atom. The smallest absolute Gasteiger partial charge is 0.298 e. The standard InChI is InChI=1S/C11H10FN3O3/c12-7-3-4-14(6-7)11-13-9-2-1-8(15(16)17)5-10(9)18-11/h1-2,5,7H,3-4,6H2. The lowest BCUT2D eigenvalue weighted by atomic mass is 10.3. The normalized spacial score (nSPS) is 19.6. The monoisotopic (exact) mass is 251 g/mol.